The first kappa shape index (κ1) is 14.4. The Hall–Kier alpha value is -2.01. The molecule has 1 heterocycles. The number of nitrogens with zero attached hydrogens (tertiary/aromatic N) is 1. The van der Waals surface area contributed by atoms with E-state index in [1.807, 2.05) is 37.3 Å². The number of hydrogen-bond acceptors (Lipinski definition) is 3. The molecule has 2 rings (SSSR count). The minimum absolute atomic E-state index is 0.0578. The quantitative estimate of drug-likeness (QED) is 0.848. The number of fused-ring (bicyclic) bond motifs is 1. The number of carbonyl (C=O) groups is 1. The van der Waals surface area contributed by atoms with Gasteiger partial charge in [-0.1, -0.05) is 31.5 Å². The minimum Gasteiger partial charge on any atom is -0.331 e. The van der Waals surface area contributed by atoms with E-state index < -0.39 is 0 Å². The smallest absolute Gasteiger partial charge is 0.226 e. The van der Waals surface area contributed by atoms with Crippen LogP contribution >= 0.6 is 12.2 Å². The molecule has 1 aromatic heterocycles. The number of unbranched alkanes of at least 4 members (excludes halogenated alkanes) is 1. The molecule has 0 atom stereocenters. The first-order valence-corrected chi connectivity index (χ1v) is 7.06. The number of benzene rings is 1. The number of thiocarbonyl (C=S) groups is 1. The molecule has 2 aromatic rings. The average Bonchev–Trinajstić information content (AvgIpc) is 2.45. The van der Waals surface area contributed by atoms with Crippen LogP contribution in [0.25, 0.3) is 10.9 Å². The number of amides is 1. The monoisotopic (exact) mass is 287 g/mol. The Bertz CT molecular complexity index is 622. The first-order valence-electron chi connectivity index (χ1n) is 6.65. The van der Waals surface area contributed by atoms with Gasteiger partial charge >= 0.3 is 0 Å². The van der Waals surface area contributed by atoms with E-state index in [9.17, 15) is 4.79 Å². The SMILES string of the molecule is CCCCC(=O)NC(=S)Nc1cccc2cccnc12. The van der Waals surface area contributed by atoms with Gasteiger partial charge in [0.2, 0.25) is 5.91 Å². The van der Waals surface area contributed by atoms with Crippen LogP contribution < -0.4 is 10.6 Å². The maximum Gasteiger partial charge on any atom is 0.226 e. The largest absolute Gasteiger partial charge is 0.331 e. The van der Waals surface area contributed by atoms with E-state index in [2.05, 4.69) is 15.6 Å². The van der Waals surface area contributed by atoms with Crippen molar-refractivity contribution in [1.82, 2.24) is 10.3 Å². The lowest BCUT2D eigenvalue weighted by molar-refractivity contribution is -0.119. The number of anilines is 1. The number of aromatic nitrogens is 1. The van der Waals surface area contributed by atoms with Crippen molar-refractivity contribution in [2.75, 3.05) is 5.32 Å². The average molecular weight is 287 g/mol. The van der Waals surface area contributed by atoms with Gasteiger partial charge < -0.3 is 10.6 Å². The van der Waals surface area contributed by atoms with E-state index in [0.29, 0.717) is 11.5 Å². The Morgan fingerprint density at radius 1 is 1.30 bits per heavy atom. The highest BCUT2D eigenvalue weighted by atomic mass is 32.1. The van der Waals surface area contributed by atoms with Gasteiger partial charge in [-0.05, 0) is 30.8 Å². The number of hydrogen-bond donors (Lipinski definition) is 2. The zero-order chi connectivity index (χ0) is 14.4. The van der Waals surface area contributed by atoms with Crippen molar-refractivity contribution >= 4 is 39.8 Å². The Kier molecular flexibility index (Phi) is 5.01. The Morgan fingerprint density at radius 2 is 2.10 bits per heavy atom. The molecular weight excluding hydrogens is 270 g/mol. The molecule has 0 fully saturated rings. The van der Waals surface area contributed by atoms with Gasteiger partial charge in [0.05, 0.1) is 11.2 Å². The van der Waals surface area contributed by atoms with E-state index >= 15 is 0 Å². The normalized spacial score (nSPS) is 10.2. The van der Waals surface area contributed by atoms with E-state index in [0.717, 1.165) is 29.4 Å². The summed E-state index contributed by atoms with van der Waals surface area (Å²) in [6.45, 7) is 2.05. The maximum absolute atomic E-state index is 11.6. The lowest BCUT2D eigenvalue weighted by atomic mass is 10.2. The second kappa shape index (κ2) is 6.96. The van der Waals surface area contributed by atoms with Gasteiger partial charge in [-0.2, -0.15) is 0 Å². The third-order valence-corrected chi connectivity index (χ3v) is 3.10. The van der Waals surface area contributed by atoms with Crippen LogP contribution in [0, 0.1) is 0 Å². The Morgan fingerprint density at radius 3 is 2.90 bits per heavy atom. The highest BCUT2D eigenvalue weighted by molar-refractivity contribution is 7.80. The molecule has 2 N–H and O–H groups in total. The third kappa shape index (κ3) is 3.74. The van der Waals surface area contributed by atoms with Crippen molar-refractivity contribution < 1.29 is 4.79 Å². The second-order valence-electron chi connectivity index (χ2n) is 4.49. The number of rotatable bonds is 4. The molecule has 0 saturated heterocycles. The Balaban J connectivity index is 2.05. The molecule has 0 aliphatic carbocycles. The van der Waals surface area contributed by atoms with E-state index in [4.69, 9.17) is 12.2 Å². The second-order valence-corrected chi connectivity index (χ2v) is 4.89. The summed E-state index contributed by atoms with van der Waals surface area (Å²) in [5.41, 5.74) is 1.63. The zero-order valence-corrected chi connectivity index (χ0v) is 12.2. The summed E-state index contributed by atoms with van der Waals surface area (Å²) >= 11 is 5.15. The van der Waals surface area contributed by atoms with Gasteiger partial charge in [0.1, 0.15) is 0 Å². The van der Waals surface area contributed by atoms with Crippen LogP contribution in [0.2, 0.25) is 0 Å². The van der Waals surface area contributed by atoms with Crippen molar-refractivity contribution in [2.24, 2.45) is 0 Å². The van der Waals surface area contributed by atoms with Crippen molar-refractivity contribution in [2.45, 2.75) is 26.2 Å². The predicted molar refractivity (Wildman–Crippen MR) is 85.6 cm³/mol. The van der Waals surface area contributed by atoms with Gasteiger partial charge in [-0.3, -0.25) is 9.78 Å². The number of nitrogens with one attached hydrogen (secondary N) is 2. The van der Waals surface area contributed by atoms with Crippen LogP contribution in [-0.4, -0.2) is 16.0 Å². The van der Waals surface area contributed by atoms with Gasteiger partial charge in [-0.15, -0.1) is 0 Å². The summed E-state index contributed by atoms with van der Waals surface area (Å²) in [5.74, 6) is -0.0578. The highest BCUT2D eigenvalue weighted by Gasteiger charge is 2.06. The number of para-hydroxylation sites is 1. The van der Waals surface area contributed by atoms with E-state index in [1.165, 1.54) is 0 Å². The predicted octanol–water partition coefficient (Wildman–Crippen LogP) is 3.24. The van der Waals surface area contributed by atoms with Crippen LogP contribution in [0.1, 0.15) is 26.2 Å². The molecular formula is C15H17N3OS. The van der Waals surface area contributed by atoms with Crippen molar-refractivity contribution in [1.29, 1.82) is 0 Å². The van der Waals surface area contributed by atoms with Crippen LogP contribution in [0.5, 0.6) is 0 Å². The van der Waals surface area contributed by atoms with Crippen molar-refractivity contribution in [3.8, 4) is 0 Å². The van der Waals surface area contributed by atoms with Crippen molar-refractivity contribution in [3.63, 3.8) is 0 Å². The van der Waals surface area contributed by atoms with Gasteiger partial charge in [0.25, 0.3) is 0 Å². The lowest BCUT2D eigenvalue weighted by Crippen LogP contribution is -2.33. The summed E-state index contributed by atoms with van der Waals surface area (Å²) < 4.78 is 0. The number of carbonyl (C=O) groups excluding carboxylic acids is 1. The summed E-state index contributed by atoms with van der Waals surface area (Å²) in [4.78, 5) is 15.9. The molecule has 5 heteroatoms. The lowest BCUT2D eigenvalue weighted by Gasteiger charge is -2.11. The number of pyridine rings is 1. The van der Waals surface area contributed by atoms with E-state index in [1.54, 1.807) is 6.20 Å². The van der Waals surface area contributed by atoms with E-state index in [-0.39, 0.29) is 5.91 Å². The van der Waals surface area contributed by atoms with Crippen molar-refractivity contribution in [3.05, 3.63) is 36.5 Å². The summed E-state index contributed by atoms with van der Waals surface area (Å²) in [7, 11) is 0. The van der Waals surface area contributed by atoms with Crippen LogP contribution in [0.15, 0.2) is 36.5 Å². The summed E-state index contributed by atoms with van der Waals surface area (Å²) in [6, 6.07) is 9.66. The van der Waals surface area contributed by atoms with Gasteiger partial charge in [-0.25, -0.2) is 0 Å². The molecule has 20 heavy (non-hydrogen) atoms. The fraction of sp³-hybridized carbons (Fsp3) is 0.267. The molecule has 0 spiro atoms. The Labute approximate surface area is 123 Å². The molecule has 0 bridgehead atoms. The molecule has 0 aliphatic rings. The zero-order valence-electron chi connectivity index (χ0n) is 11.3. The fourth-order valence-electron chi connectivity index (χ4n) is 1.89. The first-order chi connectivity index (χ1) is 9.70. The molecule has 0 saturated carbocycles. The van der Waals surface area contributed by atoms with Crippen LogP contribution in [-0.2, 0) is 4.79 Å². The molecule has 0 radical (unpaired) electrons. The topological polar surface area (TPSA) is 54.0 Å². The van der Waals surface area contributed by atoms with Crippen LogP contribution in [0.4, 0.5) is 5.69 Å². The molecule has 4 nitrogen and oxygen atoms in total. The summed E-state index contributed by atoms with van der Waals surface area (Å²) in [5, 5.41) is 7.05. The molecule has 0 aliphatic heterocycles. The maximum atomic E-state index is 11.6. The van der Waals surface area contributed by atoms with Gasteiger partial charge in [0.15, 0.2) is 5.11 Å². The summed E-state index contributed by atoms with van der Waals surface area (Å²) in [6.07, 6.45) is 4.08. The highest BCUT2D eigenvalue weighted by Crippen LogP contribution is 2.20. The fourth-order valence-corrected chi connectivity index (χ4v) is 2.11. The molecule has 104 valence electrons. The standard InChI is InChI=1S/C15H17N3OS/c1-2-3-9-13(19)18-15(20)17-12-8-4-6-11-7-5-10-16-14(11)12/h4-8,10H,2-3,9H2,1H3,(H2,17,18,19,20). The van der Waals surface area contributed by atoms with Gasteiger partial charge in [0, 0.05) is 18.0 Å². The third-order valence-electron chi connectivity index (χ3n) is 2.89. The molecule has 1 aromatic carbocycles. The molecule has 0 unspecified atom stereocenters. The van der Waals surface area contributed by atoms with Crippen LogP contribution in [0.3, 0.4) is 0 Å². The minimum atomic E-state index is -0.0578. The molecule has 1 amide bonds.